The van der Waals surface area contributed by atoms with Crippen molar-refractivity contribution in [3.05, 3.63) is 11.8 Å². The molecule has 2 heteroatoms. The second-order valence-electron chi connectivity index (χ2n) is 3.18. The van der Waals surface area contributed by atoms with Crippen LogP contribution in [-0.2, 0) is 0 Å². The molecule has 0 saturated carbocycles. The number of nitriles is 1. The molecule has 0 radical (unpaired) electrons. The van der Waals surface area contributed by atoms with Gasteiger partial charge in [0.1, 0.15) is 0 Å². The van der Waals surface area contributed by atoms with E-state index in [9.17, 15) is 0 Å². The Balaban J connectivity index is 2.64. The van der Waals surface area contributed by atoms with Crippen molar-refractivity contribution < 1.29 is 0 Å². The van der Waals surface area contributed by atoms with Crippen molar-refractivity contribution in [1.82, 2.24) is 0 Å². The summed E-state index contributed by atoms with van der Waals surface area (Å²) < 4.78 is 0. The number of nitrogens with zero attached hydrogens (tertiary/aromatic N) is 2. The molecule has 0 amide bonds. The number of hydrogen-bond acceptors (Lipinski definition) is 2. The molecular weight excluding hydrogens is 136 g/mol. The Morgan fingerprint density at radius 3 is 3.00 bits per heavy atom. The highest BCUT2D eigenvalue weighted by molar-refractivity contribution is 5.64. The van der Waals surface area contributed by atoms with E-state index in [4.69, 9.17) is 5.26 Å². The van der Waals surface area contributed by atoms with E-state index < -0.39 is 0 Å². The van der Waals surface area contributed by atoms with E-state index in [0.29, 0.717) is 11.8 Å². The van der Waals surface area contributed by atoms with Crippen molar-refractivity contribution in [2.75, 3.05) is 0 Å². The second-order valence-corrected chi connectivity index (χ2v) is 3.18. The standard InChI is InChI=1S/C9H12N2/c1-7(2)9-3-8(4-10)5-11-6-9/h5-7,9H,3H2,1-2H3. The highest BCUT2D eigenvalue weighted by Crippen LogP contribution is 2.20. The van der Waals surface area contributed by atoms with Crippen molar-refractivity contribution in [3.63, 3.8) is 0 Å². The Hall–Kier alpha value is -1.10. The van der Waals surface area contributed by atoms with Gasteiger partial charge in [0, 0.05) is 23.9 Å². The van der Waals surface area contributed by atoms with E-state index in [2.05, 4.69) is 24.9 Å². The maximum atomic E-state index is 8.60. The van der Waals surface area contributed by atoms with Crippen molar-refractivity contribution in [3.8, 4) is 6.07 Å². The molecule has 0 aromatic carbocycles. The Kier molecular flexibility index (Phi) is 2.43. The first kappa shape index (κ1) is 8.00. The predicted molar refractivity (Wildman–Crippen MR) is 45.1 cm³/mol. The van der Waals surface area contributed by atoms with E-state index in [1.54, 1.807) is 6.20 Å². The summed E-state index contributed by atoms with van der Waals surface area (Å²) in [5.41, 5.74) is 0.797. The highest BCUT2D eigenvalue weighted by atomic mass is 14.7. The van der Waals surface area contributed by atoms with E-state index in [1.165, 1.54) is 0 Å². The Labute approximate surface area is 67.3 Å². The molecule has 1 rings (SSSR count). The predicted octanol–water partition coefficient (Wildman–Crippen LogP) is 2.14. The molecule has 1 unspecified atom stereocenters. The minimum atomic E-state index is 0.453. The van der Waals surface area contributed by atoms with Gasteiger partial charge in [-0.15, -0.1) is 0 Å². The monoisotopic (exact) mass is 148 g/mol. The summed E-state index contributed by atoms with van der Waals surface area (Å²) >= 11 is 0. The quantitative estimate of drug-likeness (QED) is 0.561. The van der Waals surface area contributed by atoms with Crippen LogP contribution in [0.25, 0.3) is 0 Å². The summed E-state index contributed by atoms with van der Waals surface area (Å²) in [4.78, 5) is 4.02. The van der Waals surface area contributed by atoms with Crippen LogP contribution in [0, 0.1) is 23.2 Å². The molecule has 0 spiro atoms. The Morgan fingerprint density at radius 1 is 1.73 bits per heavy atom. The zero-order valence-corrected chi connectivity index (χ0v) is 6.91. The van der Waals surface area contributed by atoms with E-state index in [0.717, 1.165) is 12.0 Å². The third-order valence-corrected chi connectivity index (χ3v) is 1.96. The van der Waals surface area contributed by atoms with Gasteiger partial charge < -0.3 is 0 Å². The largest absolute Gasteiger partial charge is 0.268 e. The Morgan fingerprint density at radius 2 is 2.45 bits per heavy atom. The average Bonchev–Trinajstić information content (AvgIpc) is 2.05. The van der Waals surface area contributed by atoms with Gasteiger partial charge in [-0.05, 0) is 12.3 Å². The topological polar surface area (TPSA) is 36.1 Å². The fourth-order valence-corrected chi connectivity index (χ4v) is 1.09. The third kappa shape index (κ3) is 1.91. The van der Waals surface area contributed by atoms with E-state index >= 15 is 0 Å². The molecule has 1 atom stereocenters. The van der Waals surface area contributed by atoms with Crippen LogP contribution in [0.2, 0.25) is 0 Å². The van der Waals surface area contributed by atoms with Gasteiger partial charge >= 0.3 is 0 Å². The molecule has 0 N–H and O–H groups in total. The molecule has 1 aliphatic heterocycles. The molecule has 2 nitrogen and oxygen atoms in total. The van der Waals surface area contributed by atoms with Gasteiger partial charge in [-0.3, -0.25) is 4.99 Å². The van der Waals surface area contributed by atoms with Gasteiger partial charge in [-0.2, -0.15) is 5.26 Å². The zero-order chi connectivity index (χ0) is 8.27. The SMILES string of the molecule is CC(C)C1C=NC=C(C#N)C1. The normalized spacial score (nSPS) is 23.1. The summed E-state index contributed by atoms with van der Waals surface area (Å²) in [5.74, 6) is 1.03. The number of allylic oxidation sites excluding steroid dienone is 1. The fourth-order valence-electron chi connectivity index (χ4n) is 1.09. The lowest BCUT2D eigenvalue weighted by Crippen LogP contribution is -2.13. The third-order valence-electron chi connectivity index (χ3n) is 1.96. The first-order valence-electron chi connectivity index (χ1n) is 3.86. The second kappa shape index (κ2) is 3.34. The van der Waals surface area contributed by atoms with Gasteiger partial charge in [0.2, 0.25) is 0 Å². The molecule has 11 heavy (non-hydrogen) atoms. The molecule has 0 bridgehead atoms. The molecule has 58 valence electrons. The minimum absolute atomic E-state index is 0.453. The van der Waals surface area contributed by atoms with Crippen molar-refractivity contribution in [1.29, 1.82) is 5.26 Å². The fraction of sp³-hybridized carbons (Fsp3) is 0.556. The smallest absolute Gasteiger partial charge is 0.0963 e. The molecule has 1 aliphatic rings. The zero-order valence-electron chi connectivity index (χ0n) is 6.91. The molecule has 0 fully saturated rings. The van der Waals surface area contributed by atoms with Crippen LogP contribution in [0.4, 0.5) is 0 Å². The van der Waals surface area contributed by atoms with Crippen LogP contribution in [0.5, 0.6) is 0 Å². The van der Waals surface area contributed by atoms with Gasteiger partial charge in [-0.1, -0.05) is 13.8 Å². The molecule has 1 heterocycles. The van der Waals surface area contributed by atoms with Gasteiger partial charge in [0.15, 0.2) is 0 Å². The number of hydrogen-bond donors (Lipinski definition) is 0. The van der Waals surface area contributed by atoms with Crippen LogP contribution in [0.15, 0.2) is 16.8 Å². The molecular formula is C9H12N2. The maximum Gasteiger partial charge on any atom is 0.0963 e. The minimum Gasteiger partial charge on any atom is -0.268 e. The van der Waals surface area contributed by atoms with E-state index in [1.807, 2.05) is 6.21 Å². The van der Waals surface area contributed by atoms with Crippen LogP contribution < -0.4 is 0 Å². The van der Waals surface area contributed by atoms with Crippen LogP contribution in [0.3, 0.4) is 0 Å². The summed E-state index contributed by atoms with van der Waals surface area (Å²) in [6, 6.07) is 2.14. The van der Waals surface area contributed by atoms with Crippen molar-refractivity contribution in [2.24, 2.45) is 16.8 Å². The lowest BCUT2D eigenvalue weighted by Gasteiger charge is -2.17. The Bertz CT molecular complexity index is 230. The van der Waals surface area contributed by atoms with Crippen molar-refractivity contribution in [2.45, 2.75) is 20.3 Å². The van der Waals surface area contributed by atoms with Crippen molar-refractivity contribution >= 4 is 6.21 Å². The van der Waals surface area contributed by atoms with Crippen LogP contribution in [-0.4, -0.2) is 6.21 Å². The van der Waals surface area contributed by atoms with Crippen LogP contribution in [0.1, 0.15) is 20.3 Å². The summed E-state index contributed by atoms with van der Waals surface area (Å²) in [6.07, 6.45) is 4.45. The lowest BCUT2D eigenvalue weighted by atomic mass is 9.89. The molecule has 0 aromatic rings. The lowest BCUT2D eigenvalue weighted by molar-refractivity contribution is 0.497. The average molecular weight is 148 g/mol. The maximum absolute atomic E-state index is 8.60. The summed E-state index contributed by atoms with van der Waals surface area (Å²) in [6.45, 7) is 4.30. The summed E-state index contributed by atoms with van der Waals surface area (Å²) in [7, 11) is 0. The van der Waals surface area contributed by atoms with Crippen LogP contribution >= 0.6 is 0 Å². The number of rotatable bonds is 1. The summed E-state index contributed by atoms with van der Waals surface area (Å²) in [5, 5.41) is 8.60. The first-order valence-corrected chi connectivity index (χ1v) is 3.86. The van der Waals surface area contributed by atoms with E-state index in [-0.39, 0.29) is 0 Å². The molecule has 0 saturated heterocycles. The molecule has 0 aromatic heterocycles. The molecule has 0 aliphatic carbocycles. The van der Waals surface area contributed by atoms with Gasteiger partial charge in [0.05, 0.1) is 6.07 Å². The number of aliphatic imine (C=N–C) groups is 1. The highest BCUT2D eigenvalue weighted by Gasteiger charge is 2.15. The van der Waals surface area contributed by atoms with Gasteiger partial charge in [-0.25, -0.2) is 0 Å². The first-order chi connectivity index (χ1) is 5.24. The van der Waals surface area contributed by atoms with Gasteiger partial charge in [0.25, 0.3) is 0 Å².